The lowest BCUT2D eigenvalue weighted by Crippen LogP contribution is -2.36. The predicted octanol–water partition coefficient (Wildman–Crippen LogP) is 3.83. The Labute approximate surface area is 124 Å². The molecule has 1 aliphatic carbocycles. The van der Waals surface area contributed by atoms with Gasteiger partial charge in [-0.05, 0) is 36.5 Å². The maximum Gasteiger partial charge on any atom is 0.416 e. The van der Waals surface area contributed by atoms with E-state index in [1.165, 1.54) is 25.0 Å². The Balaban J connectivity index is 2.06. The van der Waals surface area contributed by atoms with Crippen LogP contribution in [0.5, 0.6) is 0 Å². The SMILES string of the molecule is CC(C)CN(CC(N)c1cccc(C(F)(F)F)c1)C1CC1. The minimum Gasteiger partial charge on any atom is -0.323 e. The quantitative estimate of drug-likeness (QED) is 0.865. The summed E-state index contributed by atoms with van der Waals surface area (Å²) in [6.45, 7) is 5.85. The lowest BCUT2D eigenvalue weighted by Gasteiger charge is -2.27. The minimum atomic E-state index is -4.32. The van der Waals surface area contributed by atoms with Gasteiger partial charge in [-0.3, -0.25) is 4.90 Å². The molecule has 1 aromatic rings. The number of halogens is 3. The molecule has 118 valence electrons. The Kier molecular flexibility index (Phi) is 4.94. The Bertz CT molecular complexity index is 467. The zero-order chi connectivity index (χ0) is 15.6. The smallest absolute Gasteiger partial charge is 0.323 e. The summed E-state index contributed by atoms with van der Waals surface area (Å²) in [4.78, 5) is 2.32. The average molecular weight is 300 g/mol. The molecule has 0 amide bonds. The molecule has 1 unspecified atom stereocenters. The van der Waals surface area contributed by atoms with Crippen LogP contribution < -0.4 is 5.73 Å². The molecule has 1 aromatic carbocycles. The fourth-order valence-corrected chi connectivity index (χ4v) is 2.59. The average Bonchev–Trinajstić information content (AvgIpc) is 3.20. The second-order valence-corrected chi connectivity index (χ2v) is 6.31. The van der Waals surface area contributed by atoms with E-state index in [-0.39, 0.29) is 6.04 Å². The van der Waals surface area contributed by atoms with Crippen LogP contribution in [0.15, 0.2) is 24.3 Å². The first kappa shape index (κ1) is 16.3. The summed E-state index contributed by atoms with van der Waals surface area (Å²) in [7, 11) is 0. The van der Waals surface area contributed by atoms with Gasteiger partial charge < -0.3 is 5.73 Å². The van der Waals surface area contributed by atoms with E-state index in [1.807, 2.05) is 0 Å². The Hall–Kier alpha value is -1.07. The van der Waals surface area contributed by atoms with Gasteiger partial charge in [-0.25, -0.2) is 0 Å². The van der Waals surface area contributed by atoms with Gasteiger partial charge >= 0.3 is 6.18 Å². The molecule has 1 atom stereocenters. The summed E-state index contributed by atoms with van der Waals surface area (Å²) in [5.41, 5.74) is 6.07. The van der Waals surface area contributed by atoms with Crippen LogP contribution in [0.3, 0.4) is 0 Å². The van der Waals surface area contributed by atoms with Gasteiger partial charge in [-0.15, -0.1) is 0 Å². The third-order valence-corrected chi connectivity index (χ3v) is 3.74. The fourth-order valence-electron chi connectivity index (χ4n) is 2.59. The topological polar surface area (TPSA) is 29.3 Å². The molecule has 21 heavy (non-hydrogen) atoms. The fraction of sp³-hybridized carbons (Fsp3) is 0.625. The highest BCUT2D eigenvalue weighted by molar-refractivity contribution is 5.28. The molecule has 0 radical (unpaired) electrons. The molecular weight excluding hydrogens is 277 g/mol. The Morgan fingerprint density at radius 1 is 1.24 bits per heavy atom. The van der Waals surface area contributed by atoms with Gasteiger partial charge in [-0.1, -0.05) is 26.0 Å². The van der Waals surface area contributed by atoms with E-state index < -0.39 is 11.7 Å². The summed E-state index contributed by atoms with van der Waals surface area (Å²) in [6.07, 6.45) is -1.98. The van der Waals surface area contributed by atoms with E-state index in [4.69, 9.17) is 5.73 Å². The zero-order valence-corrected chi connectivity index (χ0v) is 12.5. The normalized spacial score (nSPS) is 17.5. The molecule has 1 saturated carbocycles. The van der Waals surface area contributed by atoms with Crippen LogP contribution in [-0.4, -0.2) is 24.0 Å². The molecule has 2 N–H and O–H groups in total. The first-order valence-electron chi connectivity index (χ1n) is 7.44. The molecule has 0 heterocycles. The molecule has 2 rings (SSSR count). The van der Waals surface area contributed by atoms with Gasteiger partial charge in [0.1, 0.15) is 0 Å². The monoisotopic (exact) mass is 300 g/mol. The van der Waals surface area contributed by atoms with Gasteiger partial charge in [-0.2, -0.15) is 13.2 Å². The molecule has 1 aliphatic rings. The molecular formula is C16H23F3N2. The van der Waals surface area contributed by atoms with Crippen molar-refractivity contribution >= 4 is 0 Å². The van der Waals surface area contributed by atoms with Crippen LogP contribution in [0.2, 0.25) is 0 Å². The Morgan fingerprint density at radius 2 is 1.90 bits per heavy atom. The highest BCUT2D eigenvalue weighted by Gasteiger charge is 2.32. The van der Waals surface area contributed by atoms with Gasteiger partial charge in [0, 0.05) is 25.2 Å². The van der Waals surface area contributed by atoms with Crippen LogP contribution >= 0.6 is 0 Å². The molecule has 0 saturated heterocycles. The second kappa shape index (κ2) is 6.36. The van der Waals surface area contributed by atoms with E-state index in [0.717, 1.165) is 12.6 Å². The van der Waals surface area contributed by atoms with Gasteiger partial charge in [0.2, 0.25) is 0 Å². The number of hydrogen-bond donors (Lipinski definition) is 1. The second-order valence-electron chi connectivity index (χ2n) is 6.31. The van der Waals surface area contributed by atoms with Crippen molar-refractivity contribution < 1.29 is 13.2 Å². The summed E-state index contributed by atoms with van der Waals surface area (Å²) in [5, 5.41) is 0. The highest BCUT2D eigenvalue weighted by Crippen LogP contribution is 2.32. The van der Waals surface area contributed by atoms with Crippen LogP contribution in [0.1, 0.15) is 43.9 Å². The maximum atomic E-state index is 12.8. The number of benzene rings is 1. The molecule has 1 fully saturated rings. The standard InChI is InChI=1S/C16H23F3N2/c1-11(2)9-21(14-6-7-14)10-15(20)12-4-3-5-13(8-12)16(17,18)19/h3-5,8,11,14-15H,6-7,9-10,20H2,1-2H3. The van der Waals surface area contributed by atoms with E-state index in [9.17, 15) is 13.2 Å². The zero-order valence-electron chi connectivity index (χ0n) is 12.5. The summed E-state index contributed by atoms with van der Waals surface area (Å²) in [5.74, 6) is 0.527. The van der Waals surface area contributed by atoms with Crippen molar-refractivity contribution in [2.24, 2.45) is 11.7 Å². The van der Waals surface area contributed by atoms with Gasteiger partial charge in [0.05, 0.1) is 5.56 Å². The number of rotatable bonds is 6. The van der Waals surface area contributed by atoms with Crippen molar-refractivity contribution in [3.63, 3.8) is 0 Å². The molecule has 2 nitrogen and oxygen atoms in total. The van der Waals surface area contributed by atoms with Crippen molar-refractivity contribution in [1.29, 1.82) is 0 Å². The number of nitrogens with zero attached hydrogens (tertiary/aromatic N) is 1. The summed E-state index contributed by atoms with van der Waals surface area (Å²) in [6, 6.07) is 5.55. The number of nitrogens with two attached hydrogens (primary N) is 1. The van der Waals surface area contributed by atoms with Crippen molar-refractivity contribution in [2.75, 3.05) is 13.1 Å². The van der Waals surface area contributed by atoms with Crippen molar-refractivity contribution in [3.8, 4) is 0 Å². The predicted molar refractivity (Wildman–Crippen MR) is 77.8 cm³/mol. The van der Waals surface area contributed by atoms with Crippen molar-refractivity contribution in [2.45, 2.75) is 44.9 Å². The first-order chi connectivity index (χ1) is 9.77. The number of alkyl halides is 3. The molecule has 0 aliphatic heterocycles. The summed E-state index contributed by atoms with van der Waals surface area (Å²) < 4.78 is 38.3. The highest BCUT2D eigenvalue weighted by atomic mass is 19.4. The summed E-state index contributed by atoms with van der Waals surface area (Å²) >= 11 is 0. The molecule has 0 spiro atoms. The number of hydrogen-bond acceptors (Lipinski definition) is 2. The van der Waals surface area contributed by atoms with Gasteiger partial charge in [0.15, 0.2) is 0 Å². The van der Waals surface area contributed by atoms with Crippen LogP contribution in [0, 0.1) is 5.92 Å². The Morgan fingerprint density at radius 3 is 2.43 bits per heavy atom. The lowest BCUT2D eigenvalue weighted by atomic mass is 10.0. The van der Waals surface area contributed by atoms with Crippen molar-refractivity contribution in [3.05, 3.63) is 35.4 Å². The third kappa shape index (κ3) is 4.71. The van der Waals surface area contributed by atoms with Crippen LogP contribution in [0.25, 0.3) is 0 Å². The van der Waals surface area contributed by atoms with Crippen LogP contribution in [0.4, 0.5) is 13.2 Å². The molecule has 0 bridgehead atoms. The van der Waals surface area contributed by atoms with Crippen molar-refractivity contribution in [1.82, 2.24) is 4.90 Å². The maximum absolute atomic E-state index is 12.8. The van der Waals surface area contributed by atoms with E-state index in [0.29, 0.717) is 24.1 Å². The lowest BCUT2D eigenvalue weighted by molar-refractivity contribution is -0.137. The van der Waals surface area contributed by atoms with Crippen LogP contribution in [-0.2, 0) is 6.18 Å². The molecule has 0 aromatic heterocycles. The van der Waals surface area contributed by atoms with Gasteiger partial charge in [0.25, 0.3) is 0 Å². The first-order valence-corrected chi connectivity index (χ1v) is 7.44. The van der Waals surface area contributed by atoms with E-state index in [2.05, 4.69) is 18.7 Å². The van der Waals surface area contributed by atoms with E-state index >= 15 is 0 Å². The largest absolute Gasteiger partial charge is 0.416 e. The third-order valence-electron chi connectivity index (χ3n) is 3.74. The minimum absolute atomic E-state index is 0.383. The van der Waals surface area contributed by atoms with E-state index in [1.54, 1.807) is 6.07 Å². The molecule has 5 heteroatoms.